The van der Waals surface area contributed by atoms with Crippen LogP contribution in [0.3, 0.4) is 0 Å². The van der Waals surface area contributed by atoms with Gasteiger partial charge in [-0.25, -0.2) is 4.98 Å². The lowest BCUT2D eigenvalue weighted by Crippen LogP contribution is -2.00. The number of ketones is 1. The van der Waals surface area contributed by atoms with Gasteiger partial charge >= 0.3 is 0 Å². The number of alkyl halides is 1. The second-order valence-corrected chi connectivity index (χ2v) is 3.53. The molecule has 0 aliphatic heterocycles. The van der Waals surface area contributed by atoms with Crippen molar-refractivity contribution in [3.8, 4) is 0 Å². The van der Waals surface area contributed by atoms with Crippen LogP contribution >= 0.6 is 39.1 Å². The van der Waals surface area contributed by atoms with Gasteiger partial charge in [-0.3, -0.25) is 4.79 Å². The number of aromatic nitrogens is 1. The highest BCUT2D eigenvalue weighted by Gasteiger charge is 2.06. The van der Waals surface area contributed by atoms with Crippen molar-refractivity contribution in [2.75, 3.05) is 5.88 Å². The van der Waals surface area contributed by atoms with E-state index in [1.165, 1.54) is 6.07 Å². The maximum atomic E-state index is 11.1. The number of halogens is 3. The molecule has 0 saturated heterocycles. The summed E-state index contributed by atoms with van der Waals surface area (Å²) in [6, 6.07) is 3.06. The van der Waals surface area contributed by atoms with E-state index < -0.39 is 0 Å². The molecule has 1 heterocycles. The van der Waals surface area contributed by atoms with Gasteiger partial charge in [-0.05, 0) is 28.1 Å². The van der Waals surface area contributed by atoms with Gasteiger partial charge in [0.2, 0.25) is 0 Å². The Kier molecular flexibility index (Phi) is 3.50. The Balaban J connectivity index is 3.08. The summed E-state index contributed by atoms with van der Waals surface area (Å²) in [5.41, 5.74) is 0.469. The van der Waals surface area contributed by atoms with E-state index in [-0.39, 0.29) is 16.8 Å². The molecule has 0 radical (unpaired) electrons. The molecule has 0 N–H and O–H groups in total. The van der Waals surface area contributed by atoms with Crippen LogP contribution in [0.5, 0.6) is 0 Å². The van der Waals surface area contributed by atoms with Crippen LogP contribution in [0.4, 0.5) is 0 Å². The second kappa shape index (κ2) is 4.21. The molecule has 1 rings (SSSR count). The van der Waals surface area contributed by atoms with Gasteiger partial charge in [-0.15, -0.1) is 11.6 Å². The van der Waals surface area contributed by atoms with E-state index in [1.807, 2.05) is 0 Å². The Bertz CT molecular complexity index is 296. The summed E-state index contributed by atoms with van der Waals surface area (Å²) in [5.74, 6) is -0.214. The molecule has 0 fully saturated rings. The molecule has 0 atom stereocenters. The molecule has 1 aromatic heterocycles. The fraction of sp³-hybridized carbons (Fsp3) is 0.143. The van der Waals surface area contributed by atoms with E-state index in [0.29, 0.717) is 10.2 Å². The summed E-state index contributed by atoms with van der Waals surface area (Å²) in [6.45, 7) is 0. The Hall–Kier alpha value is -0.120. The summed E-state index contributed by atoms with van der Waals surface area (Å²) < 4.78 is 0.531. The summed E-state index contributed by atoms with van der Waals surface area (Å²) in [7, 11) is 0. The van der Waals surface area contributed by atoms with Crippen molar-refractivity contribution in [2.24, 2.45) is 0 Å². The van der Waals surface area contributed by atoms with E-state index in [0.717, 1.165) is 0 Å². The topological polar surface area (TPSA) is 30.0 Å². The third-order valence-electron chi connectivity index (χ3n) is 1.21. The van der Waals surface area contributed by atoms with Crippen LogP contribution in [0.25, 0.3) is 0 Å². The van der Waals surface area contributed by atoms with Gasteiger partial charge < -0.3 is 0 Å². The van der Waals surface area contributed by atoms with Crippen molar-refractivity contribution < 1.29 is 4.79 Å². The molecule has 0 spiro atoms. The number of carbonyl (C=O) groups is 1. The van der Waals surface area contributed by atoms with Gasteiger partial charge in [-0.2, -0.15) is 0 Å². The van der Waals surface area contributed by atoms with Crippen molar-refractivity contribution >= 4 is 44.9 Å². The summed E-state index contributed by atoms with van der Waals surface area (Å²) >= 11 is 14.1. The van der Waals surface area contributed by atoms with Crippen LogP contribution in [0, 0.1) is 0 Å². The van der Waals surface area contributed by atoms with Gasteiger partial charge in [0.1, 0.15) is 9.76 Å². The van der Waals surface area contributed by atoms with Gasteiger partial charge in [0, 0.05) is 5.56 Å². The Morgan fingerprint density at radius 3 is 2.75 bits per heavy atom. The zero-order valence-electron chi connectivity index (χ0n) is 5.85. The number of hydrogen-bond donors (Lipinski definition) is 0. The van der Waals surface area contributed by atoms with E-state index in [2.05, 4.69) is 20.9 Å². The van der Waals surface area contributed by atoms with Gasteiger partial charge in [-0.1, -0.05) is 11.6 Å². The number of nitrogens with zero attached hydrogens (tertiary/aromatic N) is 1. The Morgan fingerprint density at radius 2 is 2.25 bits per heavy atom. The highest BCUT2D eigenvalue weighted by Crippen LogP contribution is 2.15. The number of carbonyl (C=O) groups excluding carboxylic acids is 1. The molecule has 0 saturated carbocycles. The molecule has 12 heavy (non-hydrogen) atoms. The zero-order chi connectivity index (χ0) is 9.14. The van der Waals surface area contributed by atoms with E-state index in [9.17, 15) is 4.79 Å². The SMILES string of the molecule is O=C(CCl)c1cc(Cl)nc(Br)c1. The normalized spacial score (nSPS) is 9.92. The van der Waals surface area contributed by atoms with Crippen molar-refractivity contribution in [3.63, 3.8) is 0 Å². The lowest BCUT2D eigenvalue weighted by molar-refractivity contribution is 0.102. The maximum absolute atomic E-state index is 11.1. The molecule has 0 aliphatic rings. The number of Topliss-reactive ketones (excluding diaryl/α,β-unsaturated/α-hetero) is 1. The van der Waals surface area contributed by atoms with Crippen LogP contribution in [0.1, 0.15) is 10.4 Å². The van der Waals surface area contributed by atoms with Gasteiger partial charge in [0.25, 0.3) is 0 Å². The van der Waals surface area contributed by atoms with Crippen LogP contribution in [0.2, 0.25) is 5.15 Å². The summed E-state index contributed by atoms with van der Waals surface area (Å²) in [4.78, 5) is 14.9. The van der Waals surface area contributed by atoms with E-state index >= 15 is 0 Å². The molecule has 0 bridgehead atoms. The molecule has 1 aromatic rings. The molecule has 5 heteroatoms. The highest BCUT2D eigenvalue weighted by atomic mass is 79.9. The third-order valence-corrected chi connectivity index (χ3v) is 2.05. The molecule has 0 amide bonds. The molecule has 0 aliphatic carbocycles. The van der Waals surface area contributed by atoms with E-state index in [1.54, 1.807) is 6.07 Å². The first kappa shape index (κ1) is 9.96. The molecule has 64 valence electrons. The average Bonchev–Trinajstić information content (AvgIpc) is 2.01. The predicted octanol–water partition coefficient (Wildman–Crippen LogP) is 2.92. The second-order valence-electron chi connectivity index (χ2n) is 2.06. The molecular formula is C7H4BrCl2NO. The number of rotatable bonds is 2. The van der Waals surface area contributed by atoms with Crippen LogP contribution in [0.15, 0.2) is 16.7 Å². The summed E-state index contributed by atoms with van der Waals surface area (Å²) in [5, 5.41) is 0.276. The van der Waals surface area contributed by atoms with Crippen LogP contribution in [-0.4, -0.2) is 16.6 Å². The Morgan fingerprint density at radius 1 is 1.58 bits per heavy atom. The summed E-state index contributed by atoms with van der Waals surface area (Å²) in [6.07, 6.45) is 0. The van der Waals surface area contributed by atoms with Crippen molar-refractivity contribution in [3.05, 3.63) is 27.5 Å². The van der Waals surface area contributed by atoms with Crippen molar-refractivity contribution in [2.45, 2.75) is 0 Å². The molecule has 2 nitrogen and oxygen atoms in total. The maximum Gasteiger partial charge on any atom is 0.177 e. The Labute approximate surface area is 88.0 Å². The fourth-order valence-corrected chi connectivity index (χ4v) is 1.61. The van der Waals surface area contributed by atoms with Crippen molar-refractivity contribution in [1.29, 1.82) is 0 Å². The smallest absolute Gasteiger partial charge is 0.177 e. The first-order valence-electron chi connectivity index (χ1n) is 3.05. The van der Waals surface area contributed by atoms with Crippen LogP contribution < -0.4 is 0 Å². The van der Waals surface area contributed by atoms with Gasteiger partial charge in [0.15, 0.2) is 5.78 Å². The molecular weight excluding hydrogens is 265 g/mol. The fourth-order valence-electron chi connectivity index (χ4n) is 0.703. The highest BCUT2D eigenvalue weighted by molar-refractivity contribution is 9.10. The quantitative estimate of drug-likeness (QED) is 0.469. The first-order valence-corrected chi connectivity index (χ1v) is 4.76. The minimum Gasteiger partial charge on any atom is -0.293 e. The van der Waals surface area contributed by atoms with Crippen molar-refractivity contribution in [1.82, 2.24) is 4.98 Å². The van der Waals surface area contributed by atoms with Crippen LogP contribution in [-0.2, 0) is 0 Å². The number of hydrogen-bond acceptors (Lipinski definition) is 2. The molecule has 0 aromatic carbocycles. The van der Waals surface area contributed by atoms with E-state index in [4.69, 9.17) is 23.2 Å². The minimum atomic E-state index is -0.165. The monoisotopic (exact) mass is 267 g/mol. The average molecular weight is 269 g/mol. The predicted molar refractivity (Wildman–Crippen MR) is 52.0 cm³/mol. The third kappa shape index (κ3) is 2.44. The molecule has 0 unspecified atom stereocenters. The zero-order valence-corrected chi connectivity index (χ0v) is 8.95. The van der Waals surface area contributed by atoms with Gasteiger partial charge in [0.05, 0.1) is 5.88 Å². The standard InChI is InChI=1S/C7H4BrCl2NO/c8-6-1-4(5(12)3-9)2-7(10)11-6/h1-2H,3H2. The lowest BCUT2D eigenvalue weighted by Gasteiger charge is -1.97. The lowest BCUT2D eigenvalue weighted by atomic mass is 10.2. The largest absolute Gasteiger partial charge is 0.293 e. The minimum absolute atomic E-state index is 0.0488. The first-order chi connectivity index (χ1) is 5.63. The number of pyridine rings is 1.